The summed E-state index contributed by atoms with van der Waals surface area (Å²) in [5.74, 6) is -1.06. The molecular weight excluding hydrogens is 495 g/mol. The smallest absolute Gasteiger partial charge is 0.340 e. The highest BCUT2D eigenvalue weighted by atomic mass is 35.5. The molecule has 36 heavy (non-hydrogen) atoms. The molecular formula is C29H30Cl2N2O3. The van der Waals surface area contributed by atoms with E-state index in [4.69, 9.17) is 33.7 Å². The van der Waals surface area contributed by atoms with Crippen LogP contribution in [0.5, 0.6) is 0 Å². The maximum Gasteiger partial charge on any atom is 0.340 e. The average Bonchev–Trinajstić information content (AvgIpc) is 2.83. The summed E-state index contributed by atoms with van der Waals surface area (Å²) in [4.78, 5) is 27.9. The molecule has 5 nitrogen and oxygen atoms in total. The zero-order chi connectivity index (χ0) is 26.0. The molecule has 1 aliphatic heterocycles. The normalized spacial score (nSPS) is 14.2. The number of para-hydroxylation sites is 1. The van der Waals surface area contributed by atoms with E-state index in [1.165, 1.54) is 5.56 Å². The Morgan fingerprint density at radius 2 is 1.64 bits per heavy atom. The van der Waals surface area contributed by atoms with Gasteiger partial charge in [0.2, 0.25) is 5.91 Å². The second-order valence-electron chi connectivity index (χ2n) is 10.1. The molecule has 0 bridgehead atoms. The maximum atomic E-state index is 13.3. The summed E-state index contributed by atoms with van der Waals surface area (Å²) in [5.41, 5.74) is 10.4. The van der Waals surface area contributed by atoms with E-state index in [-0.39, 0.29) is 12.0 Å². The Morgan fingerprint density at radius 3 is 2.25 bits per heavy atom. The fourth-order valence-electron chi connectivity index (χ4n) is 4.66. The lowest BCUT2D eigenvalue weighted by atomic mass is 9.87. The highest BCUT2D eigenvalue weighted by molar-refractivity contribution is 6.36. The molecule has 0 saturated carbocycles. The Kier molecular flexibility index (Phi) is 7.62. The van der Waals surface area contributed by atoms with Gasteiger partial charge in [-0.25, -0.2) is 4.79 Å². The minimum atomic E-state index is -0.927. The number of carbonyl (C=O) groups is 2. The van der Waals surface area contributed by atoms with E-state index in [1.54, 1.807) is 24.3 Å². The van der Waals surface area contributed by atoms with E-state index in [2.05, 4.69) is 32.9 Å². The molecule has 1 heterocycles. The summed E-state index contributed by atoms with van der Waals surface area (Å²) in [7, 11) is 0. The first-order valence-corrected chi connectivity index (χ1v) is 12.7. The van der Waals surface area contributed by atoms with Gasteiger partial charge in [0.05, 0.1) is 11.3 Å². The summed E-state index contributed by atoms with van der Waals surface area (Å²) < 4.78 is 5.71. The van der Waals surface area contributed by atoms with Gasteiger partial charge in [-0.15, -0.1) is 0 Å². The van der Waals surface area contributed by atoms with Gasteiger partial charge in [-0.3, -0.25) is 4.79 Å². The second-order valence-corrected chi connectivity index (χ2v) is 10.9. The standard InChI is InChI=1S/C29H30Cl2N2O3/c1-29(2,3)20-14-12-18(13-15-20)17-36-28(35)21-9-4-7-19-8-6-16-33(25(19)21)26(27(32)34)24-22(30)10-5-11-23(24)31/h4-5,7,9-15,26H,6,8,16-17H2,1-3H3,(H2,32,34). The molecule has 3 aromatic rings. The van der Waals surface area contributed by atoms with Crippen LogP contribution in [0.15, 0.2) is 60.7 Å². The number of fused-ring (bicyclic) bond motifs is 1. The lowest BCUT2D eigenvalue weighted by Gasteiger charge is -2.38. The zero-order valence-electron chi connectivity index (χ0n) is 20.7. The van der Waals surface area contributed by atoms with E-state index < -0.39 is 17.9 Å². The van der Waals surface area contributed by atoms with Crippen molar-refractivity contribution in [3.05, 3.63) is 98.5 Å². The van der Waals surface area contributed by atoms with Crippen LogP contribution < -0.4 is 10.6 Å². The maximum absolute atomic E-state index is 13.3. The molecule has 1 aliphatic rings. The SMILES string of the molecule is CC(C)(C)c1ccc(COC(=O)c2cccc3c2N(C(C(N)=O)c2c(Cl)cccc2Cl)CCC3)cc1. The van der Waals surface area contributed by atoms with Crippen LogP contribution in [0, 0.1) is 0 Å². The number of nitrogens with two attached hydrogens (primary N) is 1. The van der Waals surface area contributed by atoms with Crippen LogP contribution in [0.4, 0.5) is 5.69 Å². The van der Waals surface area contributed by atoms with E-state index in [1.807, 2.05) is 29.2 Å². The van der Waals surface area contributed by atoms with Crippen LogP contribution >= 0.6 is 23.2 Å². The predicted octanol–water partition coefficient (Wildman–Crippen LogP) is 6.63. The van der Waals surface area contributed by atoms with Crippen LogP contribution in [-0.4, -0.2) is 18.4 Å². The van der Waals surface area contributed by atoms with Gasteiger partial charge in [0, 0.05) is 22.2 Å². The lowest BCUT2D eigenvalue weighted by Crippen LogP contribution is -2.42. The van der Waals surface area contributed by atoms with E-state index in [0.717, 1.165) is 24.0 Å². The number of esters is 1. The Hall–Kier alpha value is -3.02. The third-order valence-electron chi connectivity index (χ3n) is 6.52. The van der Waals surface area contributed by atoms with Gasteiger partial charge in [0.15, 0.2) is 0 Å². The number of anilines is 1. The first-order chi connectivity index (χ1) is 17.1. The molecule has 1 amide bonds. The monoisotopic (exact) mass is 524 g/mol. The van der Waals surface area contributed by atoms with Crippen molar-refractivity contribution >= 4 is 40.8 Å². The van der Waals surface area contributed by atoms with Gasteiger partial charge < -0.3 is 15.4 Å². The third kappa shape index (κ3) is 5.37. The van der Waals surface area contributed by atoms with E-state index in [9.17, 15) is 9.59 Å². The number of halogens is 2. The summed E-state index contributed by atoms with van der Waals surface area (Å²) in [6.45, 7) is 7.12. The van der Waals surface area contributed by atoms with Gasteiger partial charge in [0.25, 0.3) is 0 Å². The fourth-order valence-corrected chi connectivity index (χ4v) is 5.26. The number of hydrogen-bond donors (Lipinski definition) is 1. The number of rotatable bonds is 6. The fraction of sp³-hybridized carbons (Fsp3) is 0.310. The first kappa shape index (κ1) is 26.1. The molecule has 0 saturated heterocycles. The summed E-state index contributed by atoms with van der Waals surface area (Å²) in [5, 5.41) is 0.689. The minimum absolute atomic E-state index is 0.0449. The average molecular weight is 525 g/mol. The number of primary amides is 1. The molecule has 1 atom stereocenters. The summed E-state index contributed by atoms with van der Waals surface area (Å²) in [6, 6.07) is 17.7. The highest BCUT2D eigenvalue weighted by Gasteiger charge is 2.35. The Balaban J connectivity index is 1.65. The van der Waals surface area contributed by atoms with E-state index >= 15 is 0 Å². The van der Waals surface area contributed by atoms with Crippen LogP contribution in [0.25, 0.3) is 0 Å². The van der Waals surface area contributed by atoms with Crippen molar-refractivity contribution < 1.29 is 14.3 Å². The molecule has 0 spiro atoms. The summed E-state index contributed by atoms with van der Waals surface area (Å²) >= 11 is 12.9. The first-order valence-electron chi connectivity index (χ1n) is 12.0. The predicted molar refractivity (Wildman–Crippen MR) is 145 cm³/mol. The number of hydrogen-bond acceptors (Lipinski definition) is 4. The molecule has 0 aliphatic carbocycles. The lowest BCUT2D eigenvalue weighted by molar-refractivity contribution is -0.119. The number of nitrogens with zero attached hydrogens (tertiary/aromatic N) is 1. The van der Waals surface area contributed by atoms with Crippen molar-refractivity contribution in [2.75, 3.05) is 11.4 Å². The second kappa shape index (κ2) is 10.5. The number of amides is 1. The molecule has 0 aromatic heterocycles. The van der Waals surface area contributed by atoms with Gasteiger partial charge in [-0.05, 0) is 53.1 Å². The van der Waals surface area contributed by atoms with Gasteiger partial charge in [-0.1, -0.05) is 86.4 Å². The van der Waals surface area contributed by atoms with Crippen molar-refractivity contribution in [1.29, 1.82) is 0 Å². The van der Waals surface area contributed by atoms with Crippen molar-refractivity contribution in [1.82, 2.24) is 0 Å². The van der Waals surface area contributed by atoms with Crippen molar-refractivity contribution in [3.8, 4) is 0 Å². The largest absolute Gasteiger partial charge is 0.457 e. The molecule has 188 valence electrons. The molecule has 1 unspecified atom stereocenters. The quantitative estimate of drug-likeness (QED) is 0.367. The van der Waals surface area contributed by atoms with Crippen LogP contribution in [0.3, 0.4) is 0 Å². The topological polar surface area (TPSA) is 72.6 Å². The van der Waals surface area contributed by atoms with Crippen LogP contribution in [-0.2, 0) is 28.0 Å². The van der Waals surface area contributed by atoms with Crippen molar-refractivity contribution in [2.45, 2.75) is 51.7 Å². The Morgan fingerprint density at radius 1 is 1.00 bits per heavy atom. The molecule has 0 radical (unpaired) electrons. The molecule has 0 fully saturated rings. The molecule has 2 N–H and O–H groups in total. The summed E-state index contributed by atoms with van der Waals surface area (Å²) in [6.07, 6.45) is 1.56. The molecule has 7 heteroatoms. The van der Waals surface area contributed by atoms with Gasteiger partial charge >= 0.3 is 5.97 Å². The number of benzene rings is 3. The molecule has 4 rings (SSSR count). The zero-order valence-corrected chi connectivity index (χ0v) is 22.2. The van der Waals surface area contributed by atoms with Crippen molar-refractivity contribution in [2.24, 2.45) is 5.73 Å². The highest BCUT2D eigenvalue weighted by Crippen LogP contribution is 2.41. The number of carbonyl (C=O) groups excluding carboxylic acids is 2. The van der Waals surface area contributed by atoms with Crippen LogP contribution in [0.1, 0.15) is 65.8 Å². The third-order valence-corrected chi connectivity index (χ3v) is 7.18. The van der Waals surface area contributed by atoms with Gasteiger partial charge in [0.1, 0.15) is 12.6 Å². The number of aryl methyl sites for hydroxylation is 1. The van der Waals surface area contributed by atoms with E-state index in [0.29, 0.717) is 33.4 Å². The molecule has 3 aromatic carbocycles. The van der Waals surface area contributed by atoms with Crippen molar-refractivity contribution in [3.63, 3.8) is 0 Å². The van der Waals surface area contributed by atoms with Gasteiger partial charge in [-0.2, -0.15) is 0 Å². The number of ether oxygens (including phenoxy) is 1. The Labute approximate surface area is 222 Å². The Bertz CT molecular complexity index is 1260. The van der Waals surface area contributed by atoms with Crippen LogP contribution in [0.2, 0.25) is 10.0 Å². The minimum Gasteiger partial charge on any atom is -0.457 e.